The molecule has 0 amide bonds. The molecule has 2 aromatic carbocycles. The number of fused-ring (bicyclic) bond motifs is 1. The molecule has 0 atom stereocenters. The third kappa shape index (κ3) is 2.74. The van der Waals surface area contributed by atoms with Crippen molar-refractivity contribution in [2.75, 3.05) is 5.32 Å². The van der Waals surface area contributed by atoms with E-state index < -0.39 is 0 Å². The molecular formula is C16H13N5O. The van der Waals surface area contributed by atoms with Crippen LogP contribution in [0.3, 0.4) is 0 Å². The molecule has 1 N–H and O–H groups in total. The molecule has 0 unspecified atom stereocenters. The monoisotopic (exact) mass is 291 g/mol. The topological polar surface area (TPSA) is 75.2 Å². The molecule has 0 bridgehead atoms. The zero-order valence-corrected chi connectivity index (χ0v) is 11.9. The third-order valence-corrected chi connectivity index (χ3v) is 3.14. The Hall–Kier alpha value is -3.33. The van der Waals surface area contributed by atoms with E-state index in [4.69, 9.17) is 10.00 Å². The fraction of sp³-hybridized carbons (Fsp3) is 0.0625. The van der Waals surface area contributed by atoms with Gasteiger partial charge in [0.1, 0.15) is 5.75 Å². The molecule has 0 radical (unpaired) electrons. The van der Waals surface area contributed by atoms with E-state index in [9.17, 15) is 0 Å². The minimum absolute atomic E-state index is 0.116. The second-order valence-corrected chi connectivity index (χ2v) is 4.56. The van der Waals surface area contributed by atoms with Gasteiger partial charge < -0.3 is 10.1 Å². The molecule has 0 aliphatic heterocycles. The first-order valence-corrected chi connectivity index (χ1v) is 6.65. The zero-order chi connectivity index (χ0) is 15.4. The SMILES string of the molecule is Cn1ncc2c(NC(=NC#N)Oc3ccccc3)cccc21. The number of hydrogen-bond donors (Lipinski definition) is 1. The Morgan fingerprint density at radius 3 is 2.82 bits per heavy atom. The lowest BCUT2D eigenvalue weighted by Crippen LogP contribution is -2.19. The molecule has 6 nitrogen and oxygen atoms in total. The summed E-state index contributed by atoms with van der Waals surface area (Å²) in [6.07, 6.45) is 3.50. The van der Waals surface area contributed by atoms with Crippen LogP contribution < -0.4 is 10.1 Å². The molecule has 6 heteroatoms. The van der Waals surface area contributed by atoms with Crippen LogP contribution in [0.15, 0.2) is 59.7 Å². The molecule has 3 rings (SSSR count). The average Bonchev–Trinajstić information content (AvgIpc) is 2.91. The molecular weight excluding hydrogens is 278 g/mol. The van der Waals surface area contributed by atoms with Gasteiger partial charge in [-0.15, -0.1) is 4.99 Å². The molecule has 0 aliphatic carbocycles. The van der Waals surface area contributed by atoms with E-state index in [2.05, 4.69) is 15.4 Å². The van der Waals surface area contributed by atoms with E-state index in [1.54, 1.807) is 29.2 Å². The standard InChI is InChI=1S/C16H13N5O/c1-21-15-9-5-8-14(13(15)10-19-21)20-16(18-11-17)22-12-6-3-2-4-7-12/h2-10H,1H3,(H,18,20). The van der Waals surface area contributed by atoms with Crippen molar-refractivity contribution in [3.63, 3.8) is 0 Å². The van der Waals surface area contributed by atoms with Crippen LogP contribution >= 0.6 is 0 Å². The van der Waals surface area contributed by atoms with Gasteiger partial charge in [-0.1, -0.05) is 24.3 Å². The number of rotatable bonds is 2. The predicted octanol–water partition coefficient (Wildman–Crippen LogP) is 2.90. The molecule has 0 saturated heterocycles. The van der Waals surface area contributed by atoms with E-state index in [-0.39, 0.29) is 6.02 Å². The van der Waals surface area contributed by atoms with Gasteiger partial charge in [-0.05, 0) is 24.3 Å². The van der Waals surface area contributed by atoms with Gasteiger partial charge in [0, 0.05) is 12.4 Å². The van der Waals surface area contributed by atoms with Gasteiger partial charge in [0.15, 0.2) is 0 Å². The number of nitrogens with zero attached hydrogens (tertiary/aromatic N) is 4. The van der Waals surface area contributed by atoms with Crippen LogP contribution in [0.2, 0.25) is 0 Å². The van der Waals surface area contributed by atoms with Gasteiger partial charge in [-0.25, -0.2) is 0 Å². The normalized spacial score (nSPS) is 11.2. The lowest BCUT2D eigenvalue weighted by atomic mass is 10.2. The van der Waals surface area contributed by atoms with Gasteiger partial charge in [0.25, 0.3) is 0 Å². The highest BCUT2D eigenvalue weighted by Gasteiger charge is 2.09. The number of ether oxygens (including phenoxy) is 1. The number of hydrogen-bond acceptors (Lipinski definition) is 4. The lowest BCUT2D eigenvalue weighted by Gasteiger charge is -2.10. The fourth-order valence-electron chi connectivity index (χ4n) is 2.12. The number of nitriles is 1. The van der Waals surface area contributed by atoms with Crippen LogP contribution in [-0.4, -0.2) is 15.8 Å². The van der Waals surface area contributed by atoms with Crippen molar-refractivity contribution in [1.29, 1.82) is 5.26 Å². The highest BCUT2D eigenvalue weighted by Crippen LogP contribution is 2.23. The molecule has 0 saturated carbocycles. The summed E-state index contributed by atoms with van der Waals surface area (Å²) < 4.78 is 7.38. The zero-order valence-electron chi connectivity index (χ0n) is 11.9. The predicted molar refractivity (Wildman–Crippen MR) is 84.5 cm³/mol. The van der Waals surface area contributed by atoms with E-state index >= 15 is 0 Å². The van der Waals surface area contributed by atoms with Gasteiger partial charge in [0.2, 0.25) is 6.19 Å². The van der Waals surface area contributed by atoms with Crippen molar-refractivity contribution >= 4 is 22.6 Å². The second kappa shape index (κ2) is 5.97. The number of nitrogens with one attached hydrogen (secondary N) is 1. The Bertz CT molecular complexity index is 861. The summed E-state index contributed by atoms with van der Waals surface area (Å²) in [7, 11) is 1.87. The van der Waals surface area contributed by atoms with Gasteiger partial charge in [-0.3, -0.25) is 4.68 Å². The average molecular weight is 291 g/mol. The summed E-state index contributed by atoms with van der Waals surface area (Å²) in [4.78, 5) is 3.69. The first kappa shape index (κ1) is 13.6. The van der Waals surface area contributed by atoms with Crippen molar-refractivity contribution in [2.24, 2.45) is 12.0 Å². The summed E-state index contributed by atoms with van der Waals surface area (Å²) in [6, 6.07) is 15.0. The van der Waals surface area contributed by atoms with E-state index in [0.717, 1.165) is 16.6 Å². The maximum absolute atomic E-state index is 8.84. The largest absolute Gasteiger partial charge is 0.425 e. The number of anilines is 1. The Morgan fingerprint density at radius 1 is 1.23 bits per heavy atom. The number of aryl methyl sites for hydroxylation is 1. The Labute approximate surface area is 127 Å². The molecule has 1 aromatic heterocycles. The molecule has 0 aliphatic rings. The first-order valence-electron chi connectivity index (χ1n) is 6.65. The number of aromatic nitrogens is 2. The van der Waals surface area contributed by atoms with Crippen LogP contribution in [0.4, 0.5) is 5.69 Å². The number of aliphatic imine (C=N–C) groups is 1. The number of benzene rings is 2. The highest BCUT2D eigenvalue weighted by atomic mass is 16.5. The molecule has 0 spiro atoms. The van der Waals surface area contributed by atoms with E-state index in [1.807, 2.05) is 43.4 Å². The minimum Gasteiger partial charge on any atom is -0.425 e. The quantitative estimate of drug-likeness (QED) is 0.447. The van der Waals surface area contributed by atoms with Crippen molar-refractivity contribution < 1.29 is 4.74 Å². The van der Waals surface area contributed by atoms with E-state index in [0.29, 0.717) is 5.75 Å². The van der Waals surface area contributed by atoms with Crippen LogP contribution in [-0.2, 0) is 7.05 Å². The number of amidine groups is 1. The van der Waals surface area contributed by atoms with Gasteiger partial charge in [-0.2, -0.15) is 10.4 Å². The summed E-state index contributed by atoms with van der Waals surface area (Å²) in [6.45, 7) is 0. The Kier molecular flexibility index (Phi) is 3.70. The Balaban J connectivity index is 1.91. The lowest BCUT2D eigenvalue weighted by molar-refractivity contribution is 0.549. The van der Waals surface area contributed by atoms with Gasteiger partial charge >= 0.3 is 6.02 Å². The molecule has 108 valence electrons. The maximum atomic E-state index is 8.84. The second-order valence-electron chi connectivity index (χ2n) is 4.56. The van der Waals surface area contributed by atoms with E-state index in [1.165, 1.54) is 0 Å². The van der Waals surface area contributed by atoms with Gasteiger partial charge in [0.05, 0.1) is 17.4 Å². The van der Waals surface area contributed by atoms with Crippen molar-refractivity contribution in [3.8, 4) is 11.9 Å². The molecule has 3 aromatic rings. The first-order chi connectivity index (χ1) is 10.8. The van der Waals surface area contributed by atoms with Crippen LogP contribution in [0.1, 0.15) is 0 Å². The van der Waals surface area contributed by atoms with Crippen molar-refractivity contribution in [3.05, 3.63) is 54.7 Å². The fourth-order valence-corrected chi connectivity index (χ4v) is 2.12. The summed E-state index contributed by atoms with van der Waals surface area (Å²) in [5.41, 5.74) is 1.75. The van der Waals surface area contributed by atoms with Crippen LogP contribution in [0, 0.1) is 11.5 Å². The summed E-state index contributed by atoms with van der Waals surface area (Å²) in [5, 5.41) is 17.0. The minimum atomic E-state index is 0.116. The number of para-hydroxylation sites is 1. The van der Waals surface area contributed by atoms with Crippen molar-refractivity contribution in [2.45, 2.75) is 0 Å². The maximum Gasteiger partial charge on any atom is 0.310 e. The van der Waals surface area contributed by atoms with Crippen LogP contribution in [0.5, 0.6) is 5.75 Å². The highest BCUT2D eigenvalue weighted by molar-refractivity contribution is 6.01. The van der Waals surface area contributed by atoms with Crippen molar-refractivity contribution in [1.82, 2.24) is 9.78 Å². The molecule has 1 heterocycles. The molecule has 22 heavy (non-hydrogen) atoms. The molecule has 0 fully saturated rings. The Morgan fingerprint density at radius 2 is 2.05 bits per heavy atom. The summed E-state index contributed by atoms with van der Waals surface area (Å²) in [5.74, 6) is 0.599. The summed E-state index contributed by atoms with van der Waals surface area (Å²) >= 11 is 0. The van der Waals surface area contributed by atoms with Crippen LogP contribution in [0.25, 0.3) is 10.9 Å². The third-order valence-electron chi connectivity index (χ3n) is 3.14. The smallest absolute Gasteiger partial charge is 0.310 e.